The van der Waals surface area contributed by atoms with Gasteiger partial charge in [0.15, 0.2) is 0 Å². The van der Waals surface area contributed by atoms with Crippen LogP contribution >= 0.6 is 0 Å². The summed E-state index contributed by atoms with van der Waals surface area (Å²) in [4.78, 5) is 59.7. The molecule has 4 aliphatic rings. The van der Waals surface area contributed by atoms with E-state index in [0.717, 1.165) is 30.5 Å². The van der Waals surface area contributed by atoms with E-state index >= 15 is 0 Å². The fourth-order valence-corrected chi connectivity index (χ4v) is 5.33. The summed E-state index contributed by atoms with van der Waals surface area (Å²) in [6.45, 7) is 4.86. The minimum Gasteiger partial charge on any atom is -0.444 e. The van der Waals surface area contributed by atoms with E-state index in [1.165, 1.54) is 10.5 Å². The Hall–Kier alpha value is -3.44. The zero-order valence-electron chi connectivity index (χ0n) is 23.1. The van der Waals surface area contributed by atoms with E-state index in [1.807, 2.05) is 37.3 Å². The van der Waals surface area contributed by atoms with E-state index in [4.69, 9.17) is 14.3 Å². The zero-order chi connectivity index (χ0) is 28.3. The standard InChI is InChI=1S/C29H38N4O7/c1-3-5-22(25(34)27(36)30-20-10-11-20)31-26(35)24-15-29(17-33(24)28(37)39-21-12-13-38-16-21)14-23(32-40-29)19-8-6-18(4-2)7-9-19/h6-9,14,20-22,24,32H,3-5,10-13,15-17H2,1-2H3,(H,30,36)(H,31,35)/t21-,22-,24-,29+/m0/s1. The Bertz CT molecular complexity index is 1160. The molecule has 5 rings (SSSR count). The van der Waals surface area contributed by atoms with Gasteiger partial charge in [-0.25, -0.2) is 4.79 Å². The number of rotatable bonds is 10. The van der Waals surface area contributed by atoms with Crippen LogP contribution in [0.2, 0.25) is 0 Å². The second-order valence-corrected chi connectivity index (χ2v) is 11.1. The largest absolute Gasteiger partial charge is 0.444 e. The van der Waals surface area contributed by atoms with Gasteiger partial charge < -0.3 is 20.1 Å². The van der Waals surface area contributed by atoms with Crippen LogP contribution in [-0.2, 0) is 35.1 Å². The lowest BCUT2D eigenvalue weighted by Gasteiger charge is -2.26. The van der Waals surface area contributed by atoms with Gasteiger partial charge in [0.05, 0.1) is 31.5 Å². The number of ketones is 1. The van der Waals surface area contributed by atoms with Crippen LogP contribution in [0.25, 0.3) is 5.70 Å². The lowest BCUT2D eigenvalue weighted by Crippen LogP contribution is -2.53. The molecule has 0 aromatic heterocycles. The summed E-state index contributed by atoms with van der Waals surface area (Å²) >= 11 is 0. The van der Waals surface area contributed by atoms with E-state index in [9.17, 15) is 19.2 Å². The molecule has 1 aliphatic carbocycles. The number of hydrogen-bond donors (Lipinski definition) is 3. The molecule has 216 valence electrons. The molecule has 0 radical (unpaired) electrons. The van der Waals surface area contributed by atoms with Crippen LogP contribution in [0.3, 0.4) is 0 Å². The normalized spacial score (nSPS) is 26.2. The van der Waals surface area contributed by atoms with Gasteiger partial charge in [0.1, 0.15) is 17.7 Å². The van der Waals surface area contributed by atoms with Gasteiger partial charge in [-0.05, 0) is 42.9 Å². The van der Waals surface area contributed by atoms with Crippen LogP contribution < -0.4 is 16.1 Å². The molecule has 2 saturated heterocycles. The molecular formula is C29H38N4O7. The molecule has 0 bridgehead atoms. The molecule has 0 unspecified atom stereocenters. The molecule has 3 aliphatic heterocycles. The van der Waals surface area contributed by atoms with Gasteiger partial charge in [0, 0.05) is 18.9 Å². The molecule has 1 spiro atoms. The van der Waals surface area contributed by atoms with Gasteiger partial charge in [-0.1, -0.05) is 44.5 Å². The fraction of sp³-hybridized carbons (Fsp3) is 0.586. The molecule has 1 saturated carbocycles. The number of carbonyl (C=O) groups excluding carboxylic acids is 4. The van der Waals surface area contributed by atoms with Crippen molar-refractivity contribution in [2.75, 3.05) is 19.8 Å². The Kier molecular flexibility index (Phi) is 8.41. The summed E-state index contributed by atoms with van der Waals surface area (Å²) < 4.78 is 11.0. The smallest absolute Gasteiger partial charge is 0.410 e. The highest BCUT2D eigenvalue weighted by Crippen LogP contribution is 2.38. The van der Waals surface area contributed by atoms with E-state index in [0.29, 0.717) is 32.5 Å². The first-order valence-electron chi connectivity index (χ1n) is 14.3. The van der Waals surface area contributed by atoms with Crippen molar-refractivity contribution in [2.24, 2.45) is 0 Å². The number of aryl methyl sites for hydroxylation is 1. The zero-order valence-corrected chi connectivity index (χ0v) is 23.1. The van der Waals surface area contributed by atoms with Crippen LogP contribution in [0.1, 0.15) is 63.5 Å². The molecule has 40 heavy (non-hydrogen) atoms. The van der Waals surface area contributed by atoms with Gasteiger partial charge in [-0.15, -0.1) is 0 Å². The molecule has 4 atom stereocenters. The van der Waals surface area contributed by atoms with Crippen LogP contribution in [0.4, 0.5) is 4.79 Å². The summed E-state index contributed by atoms with van der Waals surface area (Å²) in [7, 11) is 0. The van der Waals surface area contributed by atoms with Crippen molar-refractivity contribution in [1.82, 2.24) is 21.0 Å². The Morgan fingerprint density at radius 3 is 2.58 bits per heavy atom. The minimum absolute atomic E-state index is 0.0279. The molecule has 1 aromatic carbocycles. The van der Waals surface area contributed by atoms with Gasteiger partial charge in [0.25, 0.3) is 5.91 Å². The maximum atomic E-state index is 13.6. The van der Waals surface area contributed by atoms with Gasteiger partial charge in [0.2, 0.25) is 11.7 Å². The molecular weight excluding hydrogens is 516 g/mol. The molecule has 3 amide bonds. The fourth-order valence-electron chi connectivity index (χ4n) is 5.33. The number of ether oxygens (including phenoxy) is 2. The lowest BCUT2D eigenvalue weighted by molar-refractivity contribution is -0.140. The minimum atomic E-state index is -0.986. The lowest BCUT2D eigenvalue weighted by atomic mass is 9.97. The molecule has 11 nitrogen and oxygen atoms in total. The molecule has 3 heterocycles. The maximum absolute atomic E-state index is 13.6. The number of likely N-dealkylation sites (tertiary alicyclic amines) is 1. The number of hydroxylamine groups is 1. The number of amides is 3. The highest BCUT2D eigenvalue weighted by atomic mass is 16.7. The SMILES string of the molecule is CCC[C@H](NC(=O)[C@@H]1C[C@]2(C=C(c3ccc(CC)cc3)NO2)CN1C(=O)O[C@H]1CCOC1)C(=O)C(=O)NC1CC1. The van der Waals surface area contributed by atoms with Crippen molar-refractivity contribution in [3.8, 4) is 0 Å². The van der Waals surface area contributed by atoms with Crippen LogP contribution in [0.15, 0.2) is 30.3 Å². The van der Waals surface area contributed by atoms with Crippen molar-refractivity contribution >= 4 is 29.4 Å². The monoisotopic (exact) mass is 554 g/mol. The summed E-state index contributed by atoms with van der Waals surface area (Å²) in [6, 6.07) is 6.17. The Morgan fingerprint density at radius 1 is 1.15 bits per heavy atom. The highest BCUT2D eigenvalue weighted by Gasteiger charge is 2.53. The van der Waals surface area contributed by atoms with Gasteiger partial charge in [-0.2, -0.15) is 0 Å². The topological polar surface area (TPSA) is 135 Å². The number of nitrogens with zero attached hydrogens (tertiary/aromatic N) is 1. The van der Waals surface area contributed by atoms with Gasteiger partial charge >= 0.3 is 6.09 Å². The van der Waals surface area contributed by atoms with Crippen molar-refractivity contribution in [2.45, 2.75) is 88.6 Å². The highest BCUT2D eigenvalue weighted by molar-refractivity contribution is 6.38. The van der Waals surface area contributed by atoms with Crippen molar-refractivity contribution in [1.29, 1.82) is 0 Å². The summed E-state index contributed by atoms with van der Waals surface area (Å²) in [5.74, 6) is -1.89. The average molecular weight is 555 g/mol. The Morgan fingerprint density at radius 2 is 1.93 bits per heavy atom. The van der Waals surface area contributed by atoms with Crippen molar-refractivity contribution in [3.63, 3.8) is 0 Å². The Balaban J connectivity index is 1.34. The predicted octanol–water partition coefficient (Wildman–Crippen LogP) is 2.00. The summed E-state index contributed by atoms with van der Waals surface area (Å²) in [5, 5.41) is 5.45. The maximum Gasteiger partial charge on any atom is 0.410 e. The second-order valence-electron chi connectivity index (χ2n) is 11.1. The number of Topliss-reactive ketones (excluding diaryl/α,β-unsaturated/α-hetero) is 1. The second kappa shape index (κ2) is 12.0. The first kappa shape index (κ1) is 28.1. The van der Waals surface area contributed by atoms with Crippen LogP contribution in [-0.4, -0.2) is 78.2 Å². The van der Waals surface area contributed by atoms with E-state index in [-0.39, 0.29) is 25.1 Å². The Labute approximate surface area is 233 Å². The van der Waals surface area contributed by atoms with Crippen LogP contribution in [0, 0.1) is 0 Å². The molecule has 11 heteroatoms. The number of benzene rings is 1. The number of hydrogen-bond acceptors (Lipinski definition) is 8. The van der Waals surface area contributed by atoms with Gasteiger partial charge in [-0.3, -0.25) is 29.6 Å². The quantitative estimate of drug-likeness (QED) is 0.374. The first-order chi connectivity index (χ1) is 19.3. The summed E-state index contributed by atoms with van der Waals surface area (Å²) in [5.41, 5.74) is 4.89. The summed E-state index contributed by atoms with van der Waals surface area (Å²) in [6.07, 6.45) is 5.13. The van der Waals surface area contributed by atoms with E-state index in [2.05, 4.69) is 23.0 Å². The van der Waals surface area contributed by atoms with E-state index in [1.54, 1.807) is 0 Å². The van der Waals surface area contributed by atoms with Crippen LogP contribution in [0.5, 0.6) is 0 Å². The number of nitrogens with one attached hydrogen (secondary N) is 3. The van der Waals surface area contributed by atoms with E-state index < -0.39 is 41.4 Å². The van der Waals surface area contributed by atoms with Crippen molar-refractivity contribution < 1.29 is 33.5 Å². The number of carbonyl (C=O) groups is 4. The molecule has 1 aromatic rings. The predicted molar refractivity (Wildman–Crippen MR) is 145 cm³/mol. The third-order valence-corrected chi connectivity index (χ3v) is 7.84. The first-order valence-corrected chi connectivity index (χ1v) is 14.3. The average Bonchev–Trinajstić information content (AvgIpc) is 3.31. The van der Waals surface area contributed by atoms with Crippen molar-refractivity contribution in [3.05, 3.63) is 41.5 Å². The third-order valence-electron chi connectivity index (χ3n) is 7.84. The molecule has 3 N–H and O–H groups in total. The third kappa shape index (κ3) is 6.31. The molecule has 3 fully saturated rings.